The fourth-order valence-electron chi connectivity index (χ4n) is 3.81. The van der Waals surface area contributed by atoms with Crippen molar-refractivity contribution in [1.29, 1.82) is 0 Å². The van der Waals surface area contributed by atoms with Crippen molar-refractivity contribution in [1.82, 2.24) is 9.80 Å². The van der Waals surface area contributed by atoms with Crippen molar-refractivity contribution >= 4 is 29.9 Å². The number of hydrogen-bond donors (Lipinski definition) is 1. The average molecular weight is 492 g/mol. The first kappa shape index (κ1) is 27.8. The van der Waals surface area contributed by atoms with Crippen molar-refractivity contribution in [3.05, 3.63) is 35.9 Å². The van der Waals surface area contributed by atoms with E-state index in [0.717, 1.165) is 22.6 Å². The van der Waals surface area contributed by atoms with Gasteiger partial charge in [0.2, 0.25) is 0 Å². The molecule has 2 atom stereocenters. The summed E-state index contributed by atoms with van der Waals surface area (Å²) in [5.41, 5.74) is 3.83. The SMILES string of the molecule is CCCCOC[C@H](CN1C(=O)N(COC(=O)CC)C(=O)[C@@](CC)(c2ccccc2)C1=O)OC(N)=O. The highest BCUT2D eigenvalue weighted by atomic mass is 16.6. The predicted molar refractivity (Wildman–Crippen MR) is 124 cm³/mol. The molecule has 0 radical (unpaired) electrons. The van der Waals surface area contributed by atoms with Crippen LogP contribution < -0.4 is 5.73 Å². The van der Waals surface area contributed by atoms with Gasteiger partial charge < -0.3 is 19.9 Å². The zero-order chi connectivity index (χ0) is 26.0. The highest BCUT2D eigenvalue weighted by Crippen LogP contribution is 2.37. The van der Waals surface area contributed by atoms with E-state index in [1.165, 1.54) is 0 Å². The zero-order valence-corrected chi connectivity index (χ0v) is 20.4. The second-order valence-corrected chi connectivity index (χ2v) is 8.04. The lowest BCUT2D eigenvalue weighted by Crippen LogP contribution is -2.68. The van der Waals surface area contributed by atoms with Gasteiger partial charge in [0.1, 0.15) is 6.10 Å². The van der Waals surface area contributed by atoms with Gasteiger partial charge in [-0.1, -0.05) is 57.5 Å². The Morgan fingerprint density at radius 3 is 2.26 bits per heavy atom. The summed E-state index contributed by atoms with van der Waals surface area (Å²) in [5.74, 6) is -2.19. The number of nitrogens with zero attached hydrogens (tertiary/aromatic N) is 2. The lowest BCUT2D eigenvalue weighted by molar-refractivity contribution is -0.160. The molecule has 0 spiro atoms. The van der Waals surface area contributed by atoms with Gasteiger partial charge in [-0.15, -0.1) is 0 Å². The van der Waals surface area contributed by atoms with Gasteiger partial charge in [-0.25, -0.2) is 14.5 Å². The molecule has 1 heterocycles. The monoisotopic (exact) mass is 491 g/mol. The molecule has 1 saturated heterocycles. The van der Waals surface area contributed by atoms with E-state index in [0.29, 0.717) is 12.2 Å². The minimum atomic E-state index is -1.74. The zero-order valence-electron chi connectivity index (χ0n) is 20.4. The number of amides is 5. The molecule has 0 saturated carbocycles. The van der Waals surface area contributed by atoms with Gasteiger partial charge in [-0.05, 0) is 18.4 Å². The van der Waals surface area contributed by atoms with Crippen LogP contribution in [-0.4, -0.2) is 72.3 Å². The molecule has 2 rings (SSSR count). The molecule has 0 aliphatic carbocycles. The van der Waals surface area contributed by atoms with E-state index >= 15 is 0 Å². The lowest BCUT2D eigenvalue weighted by Gasteiger charge is -2.44. The van der Waals surface area contributed by atoms with Crippen LogP contribution in [0.2, 0.25) is 0 Å². The third kappa shape index (κ3) is 6.36. The average Bonchev–Trinajstić information content (AvgIpc) is 2.85. The molecule has 5 amide bonds. The minimum absolute atomic E-state index is 0.0328. The third-order valence-electron chi connectivity index (χ3n) is 5.74. The standard InChI is InChI=1S/C24H33N3O8/c1-4-7-13-33-15-18(35-22(25)31)14-26-20(29)24(6-3,17-11-9-8-10-12-17)21(30)27(23(26)32)16-34-19(28)5-2/h8-12,18H,4-7,13-16H2,1-3H3,(H2,25,31)/t18-,24-/m0/s1. The number of barbiturate groups is 1. The Labute approximate surface area is 204 Å². The molecule has 11 heteroatoms. The lowest BCUT2D eigenvalue weighted by atomic mass is 9.74. The third-order valence-corrected chi connectivity index (χ3v) is 5.74. The van der Waals surface area contributed by atoms with E-state index < -0.39 is 54.7 Å². The summed E-state index contributed by atoms with van der Waals surface area (Å²) in [4.78, 5) is 65.4. The molecule has 1 fully saturated rings. The topological polar surface area (TPSA) is 146 Å². The number of esters is 1. The number of nitrogens with two attached hydrogens (primary N) is 1. The summed E-state index contributed by atoms with van der Waals surface area (Å²) in [6.07, 6.45) is -0.432. The van der Waals surface area contributed by atoms with Gasteiger partial charge in [0.25, 0.3) is 11.8 Å². The van der Waals surface area contributed by atoms with E-state index in [4.69, 9.17) is 19.9 Å². The number of ether oxygens (including phenoxy) is 3. The van der Waals surface area contributed by atoms with E-state index in [9.17, 15) is 24.0 Å². The molecule has 2 N–H and O–H groups in total. The molecule has 1 aromatic rings. The van der Waals surface area contributed by atoms with E-state index in [1.54, 1.807) is 44.2 Å². The summed E-state index contributed by atoms with van der Waals surface area (Å²) in [5, 5.41) is 0. The molecule has 192 valence electrons. The first-order valence-electron chi connectivity index (χ1n) is 11.7. The van der Waals surface area contributed by atoms with Crippen molar-refractivity contribution in [3.8, 4) is 0 Å². The number of rotatable bonds is 13. The molecular weight excluding hydrogens is 458 g/mol. The van der Waals surface area contributed by atoms with Crippen LogP contribution in [0.3, 0.4) is 0 Å². The molecule has 35 heavy (non-hydrogen) atoms. The number of imide groups is 2. The smallest absolute Gasteiger partial charge is 0.404 e. The van der Waals surface area contributed by atoms with E-state index in [-0.39, 0.29) is 19.4 Å². The van der Waals surface area contributed by atoms with Crippen molar-refractivity contribution in [2.75, 3.05) is 26.5 Å². The number of hydrogen-bond acceptors (Lipinski definition) is 8. The Bertz CT molecular complexity index is 923. The highest BCUT2D eigenvalue weighted by Gasteiger charge is 2.58. The quantitative estimate of drug-likeness (QED) is 0.251. The van der Waals surface area contributed by atoms with Crippen LogP contribution in [0.25, 0.3) is 0 Å². The van der Waals surface area contributed by atoms with Crippen LogP contribution >= 0.6 is 0 Å². The summed E-state index contributed by atoms with van der Waals surface area (Å²) in [7, 11) is 0. The molecule has 0 aromatic heterocycles. The van der Waals surface area contributed by atoms with Gasteiger partial charge in [-0.2, -0.15) is 0 Å². The Hall–Kier alpha value is -3.47. The minimum Gasteiger partial charge on any atom is -0.444 e. The number of benzene rings is 1. The van der Waals surface area contributed by atoms with Crippen LogP contribution in [0.5, 0.6) is 0 Å². The summed E-state index contributed by atoms with van der Waals surface area (Å²) < 4.78 is 15.7. The maximum Gasteiger partial charge on any atom is 0.404 e. The van der Waals surface area contributed by atoms with Crippen molar-refractivity contribution in [3.63, 3.8) is 0 Å². The largest absolute Gasteiger partial charge is 0.444 e. The predicted octanol–water partition coefficient (Wildman–Crippen LogP) is 2.32. The van der Waals surface area contributed by atoms with Gasteiger partial charge >= 0.3 is 18.1 Å². The fraction of sp³-hybridized carbons (Fsp3) is 0.542. The second-order valence-electron chi connectivity index (χ2n) is 8.04. The second kappa shape index (κ2) is 12.8. The van der Waals surface area contributed by atoms with Gasteiger partial charge in [0.05, 0.1) is 13.2 Å². The van der Waals surface area contributed by atoms with Crippen LogP contribution in [0.1, 0.15) is 52.0 Å². The van der Waals surface area contributed by atoms with Gasteiger partial charge in [0.15, 0.2) is 12.1 Å². The maximum atomic E-state index is 13.8. The summed E-state index contributed by atoms with van der Waals surface area (Å²) in [6, 6.07) is 7.34. The molecule has 0 bridgehead atoms. The molecular formula is C24H33N3O8. The summed E-state index contributed by atoms with van der Waals surface area (Å²) in [6.45, 7) is 4.43. The maximum absolute atomic E-state index is 13.8. The summed E-state index contributed by atoms with van der Waals surface area (Å²) >= 11 is 0. The first-order chi connectivity index (χ1) is 16.7. The van der Waals surface area contributed by atoms with Crippen LogP contribution in [0, 0.1) is 0 Å². The number of primary amides is 1. The van der Waals surface area contributed by atoms with Gasteiger partial charge in [0, 0.05) is 13.0 Å². The normalized spacial score (nSPS) is 19.0. The fourth-order valence-corrected chi connectivity index (χ4v) is 3.81. The molecule has 1 aromatic carbocycles. The molecule has 1 aliphatic rings. The number of unbranched alkanes of at least 4 members (excludes halogenated alkanes) is 1. The van der Waals surface area contributed by atoms with E-state index in [2.05, 4.69) is 0 Å². The Balaban J connectivity index is 2.46. The Morgan fingerprint density at radius 1 is 1.03 bits per heavy atom. The van der Waals surface area contributed by atoms with Crippen LogP contribution in [0.15, 0.2) is 30.3 Å². The molecule has 1 aliphatic heterocycles. The Kier molecular flexibility index (Phi) is 10.2. The molecule has 11 nitrogen and oxygen atoms in total. The first-order valence-corrected chi connectivity index (χ1v) is 11.7. The van der Waals surface area contributed by atoms with Gasteiger partial charge in [-0.3, -0.25) is 19.3 Å². The Morgan fingerprint density at radius 2 is 1.69 bits per heavy atom. The number of carbonyl (C=O) groups excluding carboxylic acids is 5. The van der Waals surface area contributed by atoms with Crippen molar-refractivity contribution in [2.24, 2.45) is 5.73 Å². The van der Waals surface area contributed by atoms with Crippen LogP contribution in [0.4, 0.5) is 9.59 Å². The molecule has 0 unspecified atom stereocenters. The van der Waals surface area contributed by atoms with Crippen molar-refractivity contribution < 1.29 is 38.2 Å². The highest BCUT2D eigenvalue weighted by molar-refractivity contribution is 6.22. The van der Waals surface area contributed by atoms with Crippen LogP contribution in [-0.2, 0) is 34.0 Å². The number of carbonyl (C=O) groups is 5. The number of urea groups is 1. The van der Waals surface area contributed by atoms with Crippen molar-refractivity contribution in [2.45, 2.75) is 58.0 Å². The van der Waals surface area contributed by atoms with E-state index in [1.807, 2.05) is 6.92 Å².